The largest absolute Gasteiger partial charge is 0.493 e. The second-order valence-corrected chi connectivity index (χ2v) is 4.52. The van der Waals surface area contributed by atoms with Crippen LogP contribution < -0.4 is 20.5 Å². The molecule has 0 aliphatic carbocycles. The summed E-state index contributed by atoms with van der Waals surface area (Å²) in [5, 5.41) is 2.93. The van der Waals surface area contributed by atoms with E-state index in [1.54, 1.807) is 12.1 Å². The van der Waals surface area contributed by atoms with Gasteiger partial charge in [0, 0.05) is 6.54 Å². The van der Waals surface area contributed by atoms with Crippen molar-refractivity contribution in [3.63, 3.8) is 0 Å². The van der Waals surface area contributed by atoms with Crippen molar-refractivity contribution in [3.8, 4) is 11.5 Å². The summed E-state index contributed by atoms with van der Waals surface area (Å²) >= 11 is 0. The number of guanidine groups is 1. The molecular formula is C14H21F3IN3O2. The maximum absolute atomic E-state index is 12.2. The highest BCUT2D eigenvalue weighted by atomic mass is 127. The van der Waals surface area contributed by atoms with E-state index in [-0.39, 0.29) is 35.5 Å². The van der Waals surface area contributed by atoms with Gasteiger partial charge in [-0.05, 0) is 24.1 Å². The number of hydrogen-bond donors (Lipinski definition) is 2. The fourth-order valence-corrected chi connectivity index (χ4v) is 1.57. The lowest BCUT2D eigenvalue weighted by atomic mass is 10.2. The van der Waals surface area contributed by atoms with Gasteiger partial charge in [-0.15, -0.1) is 24.0 Å². The highest BCUT2D eigenvalue weighted by Crippen LogP contribution is 2.30. The van der Waals surface area contributed by atoms with E-state index in [1.165, 1.54) is 13.2 Å². The summed E-state index contributed by atoms with van der Waals surface area (Å²) in [6.45, 7) is 1.65. The van der Waals surface area contributed by atoms with E-state index in [0.29, 0.717) is 12.5 Å². The molecule has 0 heterocycles. The average Bonchev–Trinajstić information content (AvgIpc) is 2.48. The molecule has 0 bridgehead atoms. The highest BCUT2D eigenvalue weighted by Gasteiger charge is 2.29. The number of halogens is 4. The molecule has 1 aromatic rings. The molecule has 0 aliphatic heterocycles. The van der Waals surface area contributed by atoms with E-state index < -0.39 is 12.8 Å². The van der Waals surface area contributed by atoms with Gasteiger partial charge in [-0.3, -0.25) is 0 Å². The maximum atomic E-state index is 12.2. The van der Waals surface area contributed by atoms with Crippen molar-refractivity contribution in [2.75, 3.05) is 20.3 Å². The van der Waals surface area contributed by atoms with Crippen LogP contribution in [0.5, 0.6) is 11.5 Å². The molecule has 0 aromatic heterocycles. The molecular weight excluding hydrogens is 426 g/mol. The molecule has 0 fully saturated rings. The Morgan fingerprint density at radius 3 is 2.57 bits per heavy atom. The average molecular weight is 447 g/mol. The van der Waals surface area contributed by atoms with Crippen LogP contribution in [0.1, 0.15) is 18.9 Å². The predicted octanol–water partition coefficient (Wildman–Crippen LogP) is 3.07. The van der Waals surface area contributed by atoms with Crippen LogP contribution in [0.4, 0.5) is 13.2 Å². The van der Waals surface area contributed by atoms with E-state index in [2.05, 4.69) is 10.3 Å². The first-order valence-electron chi connectivity index (χ1n) is 6.76. The second kappa shape index (κ2) is 10.4. The highest BCUT2D eigenvalue weighted by molar-refractivity contribution is 14.0. The molecule has 0 radical (unpaired) electrons. The van der Waals surface area contributed by atoms with Crippen molar-refractivity contribution < 1.29 is 22.6 Å². The summed E-state index contributed by atoms with van der Waals surface area (Å²) < 4.78 is 46.2. The zero-order chi connectivity index (χ0) is 16.6. The van der Waals surface area contributed by atoms with Crippen LogP contribution in [0.25, 0.3) is 0 Å². The third-order valence-electron chi connectivity index (χ3n) is 2.61. The molecule has 3 N–H and O–H groups in total. The molecule has 1 aromatic carbocycles. The zero-order valence-corrected chi connectivity index (χ0v) is 15.3. The van der Waals surface area contributed by atoms with E-state index in [0.717, 1.165) is 18.5 Å². The molecule has 0 spiro atoms. The number of hydrogen-bond acceptors (Lipinski definition) is 3. The van der Waals surface area contributed by atoms with Gasteiger partial charge >= 0.3 is 6.18 Å². The topological polar surface area (TPSA) is 68.9 Å². The maximum Gasteiger partial charge on any atom is 0.422 e. The van der Waals surface area contributed by atoms with Crippen LogP contribution in [0.15, 0.2) is 23.2 Å². The number of ether oxygens (including phenoxy) is 2. The molecule has 0 saturated carbocycles. The lowest BCUT2D eigenvalue weighted by Crippen LogP contribution is -2.32. The first-order chi connectivity index (χ1) is 10.4. The number of benzene rings is 1. The lowest BCUT2D eigenvalue weighted by molar-refractivity contribution is -0.153. The van der Waals surface area contributed by atoms with Crippen molar-refractivity contribution in [1.29, 1.82) is 0 Å². The van der Waals surface area contributed by atoms with Crippen LogP contribution in [-0.2, 0) is 6.54 Å². The molecule has 0 amide bonds. The Bertz CT molecular complexity index is 511. The number of rotatable bonds is 7. The minimum absolute atomic E-state index is 0. The van der Waals surface area contributed by atoms with Gasteiger partial charge in [-0.1, -0.05) is 13.0 Å². The van der Waals surface area contributed by atoms with Crippen molar-refractivity contribution in [3.05, 3.63) is 23.8 Å². The van der Waals surface area contributed by atoms with Crippen molar-refractivity contribution >= 4 is 29.9 Å². The molecule has 0 atom stereocenters. The first kappa shape index (κ1) is 21.6. The molecule has 1 rings (SSSR count). The van der Waals surface area contributed by atoms with Gasteiger partial charge in [0.1, 0.15) is 0 Å². The van der Waals surface area contributed by atoms with E-state index in [9.17, 15) is 13.2 Å². The lowest BCUT2D eigenvalue weighted by Gasteiger charge is -2.13. The molecule has 0 saturated heterocycles. The number of alkyl halides is 3. The van der Waals surface area contributed by atoms with Crippen LogP contribution >= 0.6 is 24.0 Å². The van der Waals surface area contributed by atoms with Crippen molar-refractivity contribution in [2.24, 2.45) is 10.7 Å². The summed E-state index contributed by atoms with van der Waals surface area (Å²) in [5.74, 6) is 0.569. The minimum atomic E-state index is -4.40. The van der Waals surface area contributed by atoms with Gasteiger partial charge in [0.25, 0.3) is 0 Å². The van der Waals surface area contributed by atoms with Crippen LogP contribution in [0, 0.1) is 0 Å². The number of nitrogens with one attached hydrogen (secondary N) is 1. The molecule has 23 heavy (non-hydrogen) atoms. The summed E-state index contributed by atoms with van der Waals surface area (Å²) in [4.78, 5) is 4.13. The van der Waals surface area contributed by atoms with Crippen molar-refractivity contribution in [1.82, 2.24) is 5.32 Å². The summed E-state index contributed by atoms with van der Waals surface area (Å²) in [7, 11) is 1.36. The summed E-state index contributed by atoms with van der Waals surface area (Å²) in [6.07, 6.45) is -3.47. The quantitative estimate of drug-likeness (QED) is 0.383. The van der Waals surface area contributed by atoms with Gasteiger partial charge in [-0.2, -0.15) is 13.2 Å². The standard InChI is InChI=1S/C14H20F3N3O2.HI/c1-3-6-19-13(18)20-8-10-4-5-11(12(7-10)21-2)22-9-14(15,16)17;/h4-5,7H,3,6,8-9H2,1-2H3,(H3,18,19,20);1H. The number of aliphatic imine (C=N–C) groups is 1. The van der Waals surface area contributed by atoms with E-state index >= 15 is 0 Å². The fourth-order valence-electron chi connectivity index (χ4n) is 1.57. The molecule has 0 aliphatic rings. The third kappa shape index (κ3) is 8.72. The Kier molecular flexibility index (Phi) is 9.77. The monoisotopic (exact) mass is 447 g/mol. The van der Waals surface area contributed by atoms with Gasteiger partial charge in [0.15, 0.2) is 24.1 Å². The van der Waals surface area contributed by atoms with E-state index in [4.69, 9.17) is 15.2 Å². The van der Waals surface area contributed by atoms with Crippen LogP contribution in [0.3, 0.4) is 0 Å². The molecule has 5 nitrogen and oxygen atoms in total. The minimum Gasteiger partial charge on any atom is -0.493 e. The normalized spacial score (nSPS) is 11.6. The molecule has 132 valence electrons. The summed E-state index contributed by atoms with van der Waals surface area (Å²) in [6, 6.07) is 4.61. The smallest absolute Gasteiger partial charge is 0.422 e. The van der Waals surface area contributed by atoms with Crippen LogP contribution in [0.2, 0.25) is 0 Å². The predicted molar refractivity (Wildman–Crippen MR) is 93.6 cm³/mol. The Labute approximate surface area is 150 Å². The molecule has 0 unspecified atom stereocenters. The Balaban J connectivity index is 0.00000484. The van der Waals surface area contributed by atoms with Gasteiger partial charge in [-0.25, -0.2) is 4.99 Å². The van der Waals surface area contributed by atoms with Gasteiger partial charge < -0.3 is 20.5 Å². The Morgan fingerprint density at radius 1 is 1.30 bits per heavy atom. The number of nitrogens with two attached hydrogens (primary N) is 1. The fraction of sp³-hybridized carbons (Fsp3) is 0.500. The third-order valence-corrected chi connectivity index (χ3v) is 2.61. The van der Waals surface area contributed by atoms with E-state index in [1.807, 2.05) is 6.92 Å². The Hall–Kier alpha value is -1.39. The first-order valence-corrected chi connectivity index (χ1v) is 6.76. The van der Waals surface area contributed by atoms with Crippen molar-refractivity contribution in [2.45, 2.75) is 26.1 Å². The van der Waals surface area contributed by atoms with Gasteiger partial charge in [0.05, 0.1) is 13.7 Å². The Morgan fingerprint density at radius 2 is 2.00 bits per heavy atom. The van der Waals surface area contributed by atoms with Crippen LogP contribution in [-0.4, -0.2) is 32.4 Å². The summed E-state index contributed by atoms with van der Waals surface area (Å²) in [5.41, 5.74) is 6.41. The number of methoxy groups -OCH3 is 1. The second-order valence-electron chi connectivity index (χ2n) is 4.52. The SMILES string of the molecule is CCCNC(N)=NCc1ccc(OCC(F)(F)F)c(OC)c1.I. The molecule has 9 heteroatoms. The number of nitrogens with zero attached hydrogens (tertiary/aromatic N) is 1. The van der Waals surface area contributed by atoms with Gasteiger partial charge in [0.2, 0.25) is 0 Å². The zero-order valence-electron chi connectivity index (χ0n) is 12.9.